The highest BCUT2D eigenvalue weighted by molar-refractivity contribution is 5.45. The number of ether oxygens (including phenoxy) is 1. The molecule has 0 amide bonds. The summed E-state index contributed by atoms with van der Waals surface area (Å²) in [5, 5.41) is 0. The molecule has 0 saturated carbocycles. The fourth-order valence-electron chi connectivity index (χ4n) is 2.46. The lowest BCUT2D eigenvalue weighted by Gasteiger charge is -2.26. The average molecular weight is 248 g/mol. The quantitative estimate of drug-likeness (QED) is 0.805. The first kappa shape index (κ1) is 13.4. The van der Waals surface area contributed by atoms with Gasteiger partial charge in [0.1, 0.15) is 0 Å². The predicted molar refractivity (Wildman–Crippen MR) is 75.9 cm³/mol. The third-order valence-corrected chi connectivity index (χ3v) is 3.50. The fraction of sp³-hybridized carbons (Fsp3) is 0.600. The van der Waals surface area contributed by atoms with Crippen molar-refractivity contribution in [2.24, 2.45) is 5.73 Å². The first-order valence-corrected chi connectivity index (χ1v) is 7.02. The topological polar surface area (TPSA) is 38.5 Å². The van der Waals surface area contributed by atoms with E-state index >= 15 is 0 Å². The molecule has 1 fully saturated rings. The summed E-state index contributed by atoms with van der Waals surface area (Å²) in [7, 11) is 0. The summed E-state index contributed by atoms with van der Waals surface area (Å²) in [4.78, 5) is 2.43. The van der Waals surface area contributed by atoms with Gasteiger partial charge in [0.25, 0.3) is 0 Å². The van der Waals surface area contributed by atoms with Crippen LogP contribution >= 0.6 is 0 Å². The van der Waals surface area contributed by atoms with Crippen molar-refractivity contribution in [2.45, 2.75) is 31.8 Å². The van der Waals surface area contributed by atoms with Crippen molar-refractivity contribution in [2.75, 3.05) is 31.1 Å². The molecule has 0 bridgehead atoms. The minimum atomic E-state index is 0.467. The zero-order valence-corrected chi connectivity index (χ0v) is 11.1. The maximum absolute atomic E-state index is 5.69. The number of para-hydroxylation sites is 1. The molecule has 3 heteroatoms. The van der Waals surface area contributed by atoms with E-state index in [9.17, 15) is 0 Å². The number of hydrogen-bond donors (Lipinski definition) is 1. The molecule has 1 unspecified atom stereocenters. The van der Waals surface area contributed by atoms with Gasteiger partial charge in [-0.1, -0.05) is 18.2 Å². The first-order valence-electron chi connectivity index (χ1n) is 7.02. The van der Waals surface area contributed by atoms with Crippen LogP contribution in [0, 0.1) is 0 Å². The SMILES string of the molecule is NCCCN(CCC1CCCO1)c1ccccc1. The molecule has 0 aromatic heterocycles. The average Bonchev–Trinajstić information content (AvgIpc) is 2.93. The van der Waals surface area contributed by atoms with Crippen LogP contribution in [0.1, 0.15) is 25.7 Å². The Morgan fingerprint density at radius 1 is 1.22 bits per heavy atom. The van der Waals surface area contributed by atoms with E-state index in [2.05, 4.69) is 35.2 Å². The minimum absolute atomic E-state index is 0.467. The van der Waals surface area contributed by atoms with Crippen LogP contribution in [0.5, 0.6) is 0 Å². The Morgan fingerprint density at radius 3 is 2.72 bits per heavy atom. The lowest BCUT2D eigenvalue weighted by Crippen LogP contribution is -2.29. The van der Waals surface area contributed by atoms with Gasteiger partial charge in [0.05, 0.1) is 6.10 Å². The summed E-state index contributed by atoms with van der Waals surface area (Å²) in [5.41, 5.74) is 6.92. The van der Waals surface area contributed by atoms with Crippen LogP contribution in [0.15, 0.2) is 30.3 Å². The Balaban J connectivity index is 1.87. The van der Waals surface area contributed by atoms with Crippen LogP contribution in [0.25, 0.3) is 0 Å². The third-order valence-electron chi connectivity index (χ3n) is 3.50. The molecule has 2 rings (SSSR count). The molecule has 1 aromatic carbocycles. The van der Waals surface area contributed by atoms with E-state index in [1.54, 1.807) is 0 Å². The van der Waals surface area contributed by atoms with Gasteiger partial charge in [-0.2, -0.15) is 0 Å². The summed E-state index contributed by atoms with van der Waals surface area (Å²) in [6, 6.07) is 10.6. The molecule has 1 saturated heterocycles. The summed E-state index contributed by atoms with van der Waals surface area (Å²) in [5.74, 6) is 0. The molecule has 1 aliphatic heterocycles. The second kappa shape index (κ2) is 7.39. The van der Waals surface area contributed by atoms with Crippen molar-refractivity contribution in [3.05, 3.63) is 30.3 Å². The zero-order chi connectivity index (χ0) is 12.6. The highest BCUT2D eigenvalue weighted by Gasteiger charge is 2.16. The smallest absolute Gasteiger partial charge is 0.0592 e. The van der Waals surface area contributed by atoms with E-state index in [1.165, 1.54) is 18.5 Å². The van der Waals surface area contributed by atoms with Gasteiger partial charge in [0.2, 0.25) is 0 Å². The van der Waals surface area contributed by atoms with E-state index in [-0.39, 0.29) is 0 Å². The Kier molecular flexibility index (Phi) is 5.49. The van der Waals surface area contributed by atoms with Crippen LogP contribution in [0.3, 0.4) is 0 Å². The summed E-state index contributed by atoms with van der Waals surface area (Å²) >= 11 is 0. The van der Waals surface area contributed by atoms with E-state index < -0.39 is 0 Å². The van der Waals surface area contributed by atoms with Crippen LogP contribution in [0.2, 0.25) is 0 Å². The van der Waals surface area contributed by atoms with E-state index in [0.29, 0.717) is 6.10 Å². The van der Waals surface area contributed by atoms with E-state index in [4.69, 9.17) is 10.5 Å². The van der Waals surface area contributed by atoms with Gasteiger partial charge in [-0.15, -0.1) is 0 Å². The van der Waals surface area contributed by atoms with Crippen LogP contribution in [-0.2, 0) is 4.74 Å². The predicted octanol–water partition coefficient (Wildman–Crippen LogP) is 2.41. The number of hydrogen-bond acceptors (Lipinski definition) is 3. The molecule has 18 heavy (non-hydrogen) atoms. The summed E-state index contributed by atoms with van der Waals surface area (Å²) in [6.45, 7) is 3.80. The van der Waals surface area contributed by atoms with Crippen molar-refractivity contribution in [3.63, 3.8) is 0 Å². The molecule has 2 N–H and O–H groups in total. The molecular weight excluding hydrogens is 224 g/mol. The zero-order valence-electron chi connectivity index (χ0n) is 11.1. The summed E-state index contributed by atoms with van der Waals surface area (Å²) in [6.07, 6.45) is 5.08. The Bertz CT molecular complexity index is 323. The maximum atomic E-state index is 5.69. The van der Waals surface area contributed by atoms with Gasteiger partial charge >= 0.3 is 0 Å². The van der Waals surface area contributed by atoms with Gasteiger partial charge in [-0.05, 0) is 44.4 Å². The highest BCUT2D eigenvalue weighted by Crippen LogP contribution is 2.19. The number of benzene rings is 1. The molecule has 0 spiro atoms. The van der Waals surface area contributed by atoms with Crippen molar-refractivity contribution < 1.29 is 4.74 Å². The summed E-state index contributed by atoms with van der Waals surface area (Å²) < 4.78 is 5.69. The Morgan fingerprint density at radius 2 is 2.06 bits per heavy atom. The lowest BCUT2D eigenvalue weighted by molar-refractivity contribution is 0.105. The highest BCUT2D eigenvalue weighted by atomic mass is 16.5. The number of nitrogens with zero attached hydrogens (tertiary/aromatic N) is 1. The monoisotopic (exact) mass is 248 g/mol. The van der Waals surface area contributed by atoms with Crippen LogP contribution in [0.4, 0.5) is 5.69 Å². The van der Waals surface area contributed by atoms with Crippen molar-refractivity contribution in [1.82, 2.24) is 0 Å². The van der Waals surface area contributed by atoms with Gasteiger partial charge in [0.15, 0.2) is 0 Å². The second-order valence-corrected chi connectivity index (χ2v) is 4.89. The Hall–Kier alpha value is -1.06. The van der Waals surface area contributed by atoms with Crippen LogP contribution < -0.4 is 10.6 Å². The van der Waals surface area contributed by atoms with E-state index in [1.807, 2.05) is 0 Å². The van der Waals surface area contributed by atoms with Crippen molar-refractivity contribution in [3.8, 4) is 0 Å². The first-order chi connectivity index (χ1) is 8.90. The normalized spacial score (nSPS) is 19.1. The number of rotatable bonds is 7. The van der Waals surface area contributed by atoms with E-state index in [0.717, 1.165) is 39.1 Å². The molecule has 1 heterocycles. The standard InChI is InChI=1S/C15H24N2O/c16-10-5-11-17(14-6-2-1-3-7-14)12-9-15-8-4-13-18-15/h1-3,6-7,15H,4-5,8-13,16H2. The third kappa shape index (κ3) is 4.00. The molecule has 1 atom stereocenters. The van der Waals surface area contributed by atoms with Gasteiger partial charge in [0, 0.05) is 25.4 Å². The van der Waals surface area contributed by atoms with Crippen molar-refractivity contribution in [1.29, 1.82) is 0 Å². The molecule has 0 aliphatic carbocycles. The minimum Gasteiger partial charge on any atom is -0.378 e. The largest absolute Gasteiger partial charge is 0.378 e. The molecule has 100 valence electrons. The fourth-order valence-corrected chi connectivity index (χ4v) is 2.46. The molecule has 0 radical (unpaired) electrons. The molecule has 1 aromatic rings. The lowest BCUT2D eigenvalue weighted by atomic mass is 10.1. The molecule has 1 aliphatic rings. The Labute approximate surface area is 110 Å². The number of nitrogens with two attached hydrogens (primary N) is 1. The number of anilines is 1. The molecular formula is C15H24N2O. The molecule has 3 nitrogen and oxygen atoms in total. The van der Waals surface area contributed by atoms with Gasteiger partial charge in [-0.25, -0.2) is 0 Å². The van der Waals surface area contributed by atoms with Gasteiger partial charge in [-0.3, -0.25) is 0 Å². The van der Waals surface area contributed by atoms with Gasteiger partial charge < -0.3 is 15.4 Å². The second-order valence-electron chi connectivity index (χ2n) is 4.89. The van der Waals surface area contributed by atoms with Crippen molar-refractivity contribution >= 4 is 5.69 Å². The maximum Gasteiger partial charge on any atom is 0.0592 e. The van der Waals surface area contributed by atoms with Crippen LogP contribution in [-0.4, -0.2) is 32.3 Å².